The predicted octanol–water partition coefficient (Wildman–Crippen LogP) is 0.727. The fourth-order valence-corrected chi connectivity index (χ4v) is 1.13. The second kappa shape index (κ2) is 4.97. The van der Waals surface area contributed by atoms with E-state index < -0.39 is 12.2 Å². The fourth-order valence-electron chi connectivity index (χ4n) is 1.13. The van der Waals surface area contributed by atoms with E-state index >= 15 is 0 Å². The first-order valence-corrected chi connectivity index (χ1v) is 4.15. The summed E-state index contributed by atoms with van der Waals surface area (Å²) >= 11 is 0. The van der Waals surface area contributed by atoms with E-state index in [-0.39, 0.29) is 6.61 Å². The maximum atomic E-state index is 9.59. The molecule has 0 aliphatic carbocycles. The largest absolute Gasteiger partial charge is 0.388 e. The van der Waals surface area contributed by atoms with Gasteiger partial charge < -0.3 is 14.9 Å². The molecule has 0 unspecified atom stereocenters. The first-order chi connectivity index (χ1) is 6.25. The number of rotatable bonds is 4. The third-order valence-corrected chi connectivity index (χ3v) is 1.84. The molecule has 13 heavy (non-hydrogen) atoms. The van der Waals surface area contributed by atoms with E-state index in [0.717, 1.165) is 0 Å². The summed E-state index contributed by atoms with van der Waals surface area (Å²) in [7, 11) is 1.49. The first-order valence-electron chi connectivity index (χ1n) is 4.15. The number of aliphatic hydroxyl groups is 2. The highest BCUT2D eigenvalue weighted by atomic mass is 16.5. The van der Waals surface area contributed by atoms with Crippen LogP contribution in [0.4, 0.5) is 0 Å². The SMILES string of the molecule is COC[C@H](O)[C@H](O)c1ccccc1. The van der Waals surface area contributed by atoms with Gasteiger partial charge in [0.25, 0.3) is 0 Å². The second-order valence-corrected chi connectivity index (χ2v) is 2.88. The van der Waals surface area contributed by atoms with Crippen molar-refractivity contribution in [2.24, 2.45) is 0 Å². The van der Waals surface area contributed by atoms with Crippen molar-refractivity contribution in [3.63, 3.8) is 0 Å². The summed E-state index contributed by atoms with van der Waals surface area (Å²) in [4.78, 5) is 0. The minimum atomic E-state index is -0.874. The Morgan fingerprint density at radius 1 is 1.23 bits per heavy atom. The van der Waals surface area contributed by atoms with Crippen molar-refractivity contribution in [1.82, 2.24) is 0 Å². The van der Waals surface area contributed by atoms with Crippen LogP contribution in [-0.4, -0.2) is 30.0 Å². The molecule has 0 amide bonds. The Morgan fingerprint density at radius 2 is 1.85 bits per heavy atom. The van der Waals surface area contributed by atoms with Crippen molar-refractivity contribution in [2.45, 2.75) is 12.2 Å². The molecule has 0 saturated heterocycles. The van der Waals surface area contributed by atoms with Crippen LogP contribution < -0.4 is 0 Å². The molecule has 0 fully saturated rings. The molecule has 0 aliphatic heterocycles. The molecule has 1 aromatic rings. The molecule has 0 bridgehead atoms. The van der Waals surface area contributed by atoms with Crippen molar-refractivity contribution in [1.29, 1.82) is 0 Å². The van der Waals surface area contributed by atoms with Crippen LogP contribution in [0.5, 0.6) is 0 Å². The summed E-state index contributed by atoms with van der Waals surface area (Å²) in [5.74, 6) is 0. The number of hydrogen-bond acceptors (Lipinski definition) is 3. The van der Waals surface area contributed by atoms with Crippen LogP contribution in [0.2, 0.25) is 0 Å². The molecule has 0 spiro atoms. The number of methoxy groups -OCH3 is 1. The van der Waals surface area contributed by atoms with Gasteiger partial charge in [-0.3, -0.25) is 0 Å². The topological polar surface area (TPSA) is 49.7 Å². The Labute approximate surface area is 77.6 Å². The van der Waals surface area contributed by atoms with Gasteiger partial charge in [-0.1, -0.05) is 30.3 Å². The lowest BCUT2D eigenvalue weighted by atomic mass is 10.1. The van der Waals surface area contributed by atoms with Crippen LogP contribution >= 0.6 is 0 Å². The van der Waals surface area contributed by atoms with Gasteiger partial charge in [0.1, 0.15) is 12.2 Å². The smallest absolute Gasteiger partial charge is 0.107 e. The van der Waals surface area contributed by atoms with Gasteiger partial charge in [0, 0.05) is 7.11 Å². The lowest BCUT2D eigenvalue weighted by Gasteiger charge is -2.16. The van der Waals surface area contributed by atoms with E-state index in [1.54, 1.807) is 12.1 Å². The normalized spacial score (nSPS) is 15.3. The third-order valence-electron chi connectivity index (χ3n) is 1.84. The molecule has 2 atom stereocenters. The molecular formula is C10H14O3. The zero-order valence-electron chi connectivity index (χ0n) is 7.55. The molecule has 3 heteroatoms. The summed E-state index contributed by atoms with van der Waals surface area (Å²) in [6.45, 7) is 0.135. The van der Waals surface area contributed by atoms with E-state index in [2.05, 4.69) is 0 Å². The van der Waals surface area contributed by atoms with Crippen molar-refractivity contribution in [3.05, 3.63) is 35.9 Å². The summed E-state index contributed by atoms with van der Waals surface area (Å²) < 4.78 is 4.74. The van der Waals surface area contributed by atoms with Crippen molar-refractivity contribution < 1.29 is 14.9 Å². The van der Waals surface area contributed by atoms with Crippen LogP contribution in [0.3, 0.4) is 0 Å². The lowest BCUT2D eigenvalue weighted by molar-refractivity contribution is -0.0273. The summed E-state index contributed by atoms with van der Waals surface area (Å²) in [5.41, 5.74) is 0.701. The Kier molecular flexibility index (Phi) is 3.89. The summed E-state index contributed by atoms with van der Waals surface area (Å²) in [5, 5.41) is 19.0. The highest BCUT2D eigenvalue weighted by molar-refractivity contribution is 5.18. The van der Waals surface area contributed by atoms with Crippen molar-refractivity contribution in [2.75, 3.05) is 13.7 Å². The monoisotopic (exact) mass is 182 g/mol. The third kappa shape index (κ3) is 2.81. The predicted molar refractivity (Wildman–Crippen MR) is 49.3 cm³/mol. The highest BCUT2D eigenvalue weighted by Gasteiger charge is 2.17. The van der Waals surface area contributed by atoms with E-state index in [1.807, 2.05) is 18.2 Å². The van der Waals surface area contributed by atoms with Gasteiger partial charge in [0.2, 0.25) is 0 Å². The minimum absolute atomic E-state index is 0.135. The van der Waals surface area contributed by atoms with Crippen molar-refractivity contribution >= 4 is 0 Å². The maximum Gasteiger partial charge on any atom is 0.107 e. The lowest BCUT2D eigenvalue weighted by Crippen LogP contribution is -2.23. The van der Waals surface area contributed by atoms with Crippen LogP contribution in [-0.2, 0) is 4.74 Å². The molecule has 2 N–H and O–H groups in total. The zero-order chi connectivity index (χ0) is 9.68. The van der Waals surface area contributed by atoms with Gasteiger partial charge in [-0.05, 0) is 5.56 Å². The average molecular weight is 182 g/mol. The first kappa shape index (κ1) is 10.2. The number of benzene rings is 1. The van der Waals surface area contributed by atoms with Crippen molar-refractivity contribution in [3.8, 4) is 0 Å². The quantitative estimate of drug-likeness (QED) is 0.721. The van der Waals surface area contributed by atoms with Gasteiger partial charge in [-0.15, -0.1) is 0 Å². The van der Waals surface area contributed by atoms with E-state index in [4.69, 9.17) is 4.74 Å². The summed E-state index contributed by atoms with van der Waals surface area (Å²) in [6.07, 6.45) is -1.74. The van der Waals surface area contributed by atoms with Crippen LogP contribution in [0, 0.1) is 0 Å². The highest BCUT2D eigenvalue weighted by Crippen LogP contribution is 2.15. The standard InChI is InChI=1S/C10H14O3/c1-13-7-9(11)10(12)8-5-3-2-4-6-8/h2-6,9-12H,7H2,1H3/t9-,10+/m0/s1. The molecule has 0 heterocycles. The fraction of sp³-hybridized carbons (Fsp3) is 0.400. The Bertz CT molecular complexity index is 235. The van der Waals surface area contributed by atoms with Gasteiger partial charge in [0.15, 0.2) is 0 Å². The second-order valence-electron chi connectivity index (χ2n) is 2.88. The molecule has 1 aromatic carbocycles. The molecule has 0 radical (unpaired) electrons. The van der Waals surface area contributed by atoms with E-state index in [1.165, 1.54) is 7.11 Å². The van der Waals surface area contributed by atoms with Gasteiger partial charge in [0.05, 0.1) is 6.61 Å². The summed E-state index contributed by atoms with van der Waals surface area (Å²) in [6, 6.07) is 9.03. The zero-order valence-corrected chi connectivity index (χ0v) is 7.55. The van der Waals surface area contributed by atoms with E-state index in [0.29, 0.717) is 5.56 Å². The van der Waals surface area contributed by atoms with Crippen LogP contribution in [0.25, 0.3) is 0 Å². The molecule has 0 aromatic heterocycles. The average Bonchev–Trinajstić information content (AvgIpc) is 2.18. The minimum Gasteiger partial charge on any atom is -0.388 e. The molecule has 1 rings (SSSR count). The molecular weight excluding hydrogens is 168 g/mol. The van der Waals surface area contributed by atoms with Crippen LogP contribution in [0.1, 0.15) is 11.7 Å². The molecule has 3 nitrogen and oxygen atoms in total. The number of aliphatic hydroxyl groups excluding tert-OH is 2. The maximum absolute atomic E-state index is 9.59. The van der Waals surface area contributed by atoms with Gasteiger partial charge in [-0.25, -0.2) is 0 Å². The van der Waals surface area contributed by atoms with Gasteiger partial charge >= 0.3 is 0 Å². The van der Waals surface area contributed by atoms with Gasteiger partial charge in [-0.2, -0.15) is 0 Å². The molecule has 72 valence electrons. The number of ether oxygens (including phenoxy) is 1. The Hall–Kier alpha value is -0.900. The molecule has 0 saturated carbocycles. The van der Waals surface area contributed by atoms with E-state index in [9.17, 15) is 10.2 Å². The number of hydrogen-bond donors (Lipinski definition) is 2. The van der Waals surface area contributed by atoms with Crippen LogP contribution in [0.15, 0.2) is 30.3 Å². The molecule has 0 aliphatic rings. The Balaban J connectivity index is 2.62. The Morgan fingerprint density at radius 3 is 2.38 bits per heavy atom.